The number of nitro benzene ring substituents is 1. The lowest BCUT2D eigenvalue weighted by Crippen LogP contribution is -2.06. The summed E-state index contributed by atoms with van der Waals surface area (Å²) in [5.74, 6) is 1.17. The lowest BCUT2D eigenvalue weighted by Gasteiger charge is -2.14. The molecule has 0 unspecified atom stereocenters. The number of methoxy groups -OCH3 is 2. The molecular formula is C26H31NO6. The Balaban J connectivity index is 1.96. The normalized spacial score (nSPS) is 10.8. The number of hydrogen-bond donors (Lipinski definition) is 0. The van der Waals surface area contributed by atoms with E-state index in [1.807, 2.05) is 24.3 Å². The van der Waals surface area contributed by atoms with Crippen LogP contribution in [-0.2, 0) is 16.0 Å². The summed E-state index contributed by atoms with van der Waals surface area (Å²) in [7, 11) is 3.27. The number of esters is 1. The topological polar surface area (TPSA) is 87.9 Å². The number of non-ortho nitro benzene ring substituents is 1. The van der Waals surface area contributed by atoms with Crippen molar-refractivity contribution >= 4 is 23.8 Å². The van der Waals surface area contributed by atoms with Gasteiger partial charge in [-0.3, -0.25) is 10.1 Å². The van der Waals surface area contributed by atoms with Gasteiger partial charge in [0.1, 0.15) is 11.5 Å². The Morgan fingerprint density at radius 2 is 1.55 bits per heavy atom. The molecule has 7 nitrogen and oxygen atoms in total. The quantitative estimate of drug-likeness (QED) is 0.0922. The van der Waals surface area contributed by atoms with Crippen LogP contribution in [0.25, 0.3) is 12.2 Å². The first kappa shape index (κ1) is 25.6. The van der Waals surface area contributed by atoms with E-state index in [0.717, 1.165) is 60.3 Å². The van der Waals surface area contributed by atoms with Gasteiger partial charge in [0, 0.05) is 23.3 Å². The van der Waals surface area contributed by atoms with Crippen molar-refractivity contribution < 1.29 is 23.9 Å². The van der Waals surface area contributed by atoms with Gasteiger partial charge in [-0.05, 0) is 61.6 Å². The molecule has 0 aliphatic heterocycles. The average molecular weight is 454 g/mol. The molecule has 176 valence electrons. The molecule has 0 aliphatic carbocycles. The molecule has 0 saturated carbocycles. The van der Waals surface area contributed by atoms with Gasteiger partial charge in [-0.2, -0.15) is 0 Å². The molecule has 7 heteroatoms. The third kappa shape index (κ3) is 8.11. The van der Waals surface area contributed by atoms with E-state index in [-0.39, 0.29) is 11.7 Å². The predicted octanol–water partition coefficient (Wildman–Crippen LogP) is 6.00. The maximum Gasteiger partial charge on any atom is 0.333 e. The first-order chi connectivity index (χ1) is 15.8. The Kier molecular flexibility index (Phi) is 10.1. The molecule has 33 heavy (non-hydrogen) atoms. The summed E-state index contributed by atoms with van der Waals surface area (Å²) in [5.41, 5.74) is 3.26. The van der Waals surface area contributed by atoms with Crippen LogP contribution < -0.4 is 9.47 Å². The van der Waals surface area contributed by atoms with Gasteiger partial charge in [-0.25, -0.2) is 4.79 Å². The van der Waals surface area contributed by atoms with Crippen molar-refractivity contribution in [2.24, 2.45) is 0 Å². The lowest BCUT2D eigenvalue weighted by atomic mass is 10.0. The van der Waals surface area contributed by atoms with Crippen molar-refractivity contribution in [1.29, 1.82) is 0 Å². The number of nitrogens with zero attached hydrogens (tertiary/aromatic N) is 1. The number of nitro groups is 1. The van der Waals surface area contributed by atoms with Gasteiger partial charge in [0.25, 0.3) is 5.69 Å². The van der Waals surface area contributed by atoms with Crippen LogP contribution in [0.1, 0.15) is 49.3 Å². The molecule has 2 aromatic rings. The summed E-state index contributed by atoms with van der Waals surface area (Å²) in [6.07, 6.45) is 8.35. The number of benzene rings is 2. The number of rotatable bonds is 13. The van der Waals surface area contributed by atoms with E-state index < -0.39 is 4.92 Å². The van der Waals surface area contributed by atoms with Crippen molar-refractivity contribution in [2.45, 2.75) is 39.0 Å². The van der Waals surface area contributed by atoms with Crippen molar-refractivity contribution in [1.82, 2.24) is 0 Å². The van der Waals surface area contributed by atoms with E-state index in [0.29, 0.717) is 12.2 Å². The molecule has 0 aliphatic rings. The molecule has 0 N–H and O–H groups in total. The van der Waals surface area contributed by atoms with Gasteiger partial charge >= 0.3 is 5.97 Å². The van der Waals surface area contributed by atoms with E-state index in [4.69, 9.17) is 14.2 Å². The van der Waals surface area contributed by atoms with Crippen molar-refractivity contribution in [3.63, 3.8) is 0 Å². The number of ether oxygens (including phenoxy) is 3. The molecule has 2 rings (SSSR count). The van der Waals surface area contributed by atoms with E-state index in [2.05, 4.69) is 6.58 Å². The lowest BCUT2D eigenvalue weighted by molar-refractivity contribution is -0.384. The summed E-state index contributed by atoms with van der Waals surface area (Å²) in [5, 5.41) is 10.8. The first-order valence-corrected chi connectivity index (χ1v) is 10.9. The third-order valence-corrected chi connectivity index (χ3v) is 5.11. The molecule has 0 bridgehead atoms. The van der Waals surface area contributed by atoms with Gasteiger partial charge < -0.3 is 14.2 Å². The fourth-order valence-electron chi connectivity index (χ4n) is 3.29. The van der Waals surface area contributed by atoms with Crippen molar-refractivity contribution in [3.05, 3.63) is 75.4 Å². The third-order valence-electron chi connectivity index (χ3n) is 5.11. The molecule has 0 saturated heterocycles. The Labute approximate surface area is 194 Å². The largest absolute Gasteiger partial charge is 0.496 e. The SMILES string of the molecule is C=C(C)C(=O)OCCCCCCc1c(OC)cc(/C=C/c2ccc([N+](=O)[O-])cc2)cc1OC. The predicted molar refractivity (Wildman–Crippen MR) is 130 cm³/mol. The molecule has 0 spiro atoms. The highest BCUT2D eigenvalue weighted by Crippen LogP contribution is 2.33. The van der Waals surface area contributed by atoms with Crippen LogP contribution in [-0.4, -0.2) is 31.7 Å². The number of hydrogen-bond acceptors (Lipinski definition) is 6. The van der Waals surface area contributed by atoms with Crippen LogP contribution in [0.15, 0.2) is 48.6 Å². The molecule has 0 amide bonds. The van der Waals surface area contributed by atoms with Crippen LogP contribution >= 0.6 is 0 Å². The van der Waals surface area contributed by atoms with E-state index in [1.54, 1.807) is 33.3 Å². The Morgan fingerprint density at radius 3 is 2.09 bits per heavy atom. The summed E-state index contributed by atoms with van der Waals surface area (Å²) in [4.78, 5) is 21.7. The van der Waals surface area contributed by atoms with E-state index in [1.165, 1.54) is 12.1 Å². The van der Waals surface area contributed by atoms with Crippen LogP contribution in [0, 0.1) is 10.1 Å². The van der Waals surface area contributed by atoms with Crippen LogP contribution in [0.5, 0.6) is 11.5 Å². The Bertz CT molecular complexity index is 969. The zero-order chi connectivity index (χ0) is 24.2. The zero-order valence-corrected chi connectivity index (χ0v) is 19.5. The smallest absolute Gasteiger partial charge is 0.333 e. The summed E-state index contributed by atoms with van der Waals surface area (Å²) >= 11 is 0. The second-order valence-electron chi connectivity index (χ2n) is 7.67. The molecule has 0 aromatic heterocycles. The Hall–Kier alpha value is -3.61. The van der Waals surface area contributed by atoms with Crippen LogP contribution in [0.3, 0.4) is 0 Å². The maximum absolute atomic E-state index is 11.4. The minimum atomic E-state index is -0.416. The average Bonchev–Trinajstić information content (AvgIpc) is 2.81. The Morgan fingerprint density at radius 1 is 0.970 bits per heavy atom. The monoisotopic (exact) mass is 453 g/mol. The number of carbonyl (C=O) groups is 1. The first-order valence-electron chi connectivity index (χ1n) is 10.9. The summed E-state index contributed by atoms with van der Waals surface area (Å²) < 4.78 is 16.3. The zero-order valence-electron chi connectivity index (χ0n) is 19.5. The minimum Gasteiger partial charge on any atom is -0.496 e. The number of unbranched alkanes of at least 4 members (excludes halogenated alkanes) is 3. The maximum atomic E-state index is 11.4. The van der Waals surface area contributed by atoms with E-state index in [9.17, 15) is 14.9 Å². The summed E-state index contributed by atoms with van der Waals surface area (Å²) in [6, 6.07) is 10.3. The fraction of sp³-hybridized carbons (Fsp3) is 0.346. The molecule has 2 aromatic carbocycles. The highest BCUT2D eigenvalue weighted by atomic mass is 16.6. The van der Waals surface area contributed by atoms with Crippen LogP contribution in [0.4, 0.5) is 5.69 Å². The molecule has 0 fully saturated rings. The summed E-state index contributed by atoms with van der Waals surface area (Å²) in [6.45, 7) is 5.62. The molecule has 0 heterocycles. The molecule has 0 radical (unpaired) electrons. The van der Waals surface area contributed by atoms with E-state index >= 15 is 0 Å². The van der Waals surface area contributed by atoms with Gasteiger partial charge in [0.2, 0.25) is 0 Å². The van der Waals surface area contributed by atoms with Gasteiger partial charge in [-0.1, -0.05) is 31.6 Å². The van der Waals surface area contributed by atoms with Crippen molar-refractivity contribution in [2.75, 3.05) is 20.8 Å². The van der Waals surface area contributed by atoms with Crippen LogP contribution in [0.2, 0.25) is 0 Å². The molecule has 0 atom stereocenters. The standard InChI is InChI=1S/C26H31NO6/c1-19(2)26(28)33-16-8-6-5-7-9-23-24(31-3)17-21(18-25(23)32-4)11-10-20-12-14-22(15-13-20)27(29)30/h10-15,17-18H,1,5-9,16H2,2-4H3/b11-10+. The fourth-order valence-corrected chi connectivity index (χ4v) is 3.29. The van der Waals surface area contributed by atoms with Gasteiger partial charge in [-0.15, -0.1) is 0 Å². The van der Waals surface area contributed by atoms with Gasteiger partial charge in [0.15, 0.2) is 0 Å². The molecular weight excluding hydrogens is 422 g/mol. The minimum absolute atomic E-state index is 0.0627. The van der Waals surface area contributed by atoms with Crippen molar-refractivity contribution in [3.8, 4) is 11.5 Å². The second kappa shape index (κ2) is 13.1. The van der Waals surface area contributed by atoms with Gasteiger partial charge in [0.05, 0.1) is 25.7 Å². The highest BCUT2D eigenvalue weighted by Gasteiger charge is 2.12. The second-order valence-corrected chi connectivity index (χ2v) is 7.67. The highest BCUT2D eigenvalue weighted by molar-refractivity contribution is 5.86. The number of carbonyl (C=O) groups excluding carboxylic acids is 1.